The first kappa shape index (κ1) is 15.4. The van der Waals surface area contributed by atoms with Gasteiger partial charge in [0.1, 0.15) is 6.04 Å². The second kappa shape index (κ2) is 5.77. The minimum absolute atomic E-state index is 0.303. The summed E-state index contributed by atoms with van der Waals surface area (Å²) in [7, 11) is 3.10. The van der Waals surface area contributed by atoms with Crippen LogP contribution in [0.1, 0.15) is 18.3 Å². The Morgan fingerprint density at radius 2 is 2.05 bits per heavy atom. The van der Waals surface area contributed by atoms with Crippen LogP contribution in [0.25, 0.3) is 6.08 Å². The lowest BCUT2D eigenvalue weighted by Gasteiger charge is -2.18. The van der Waals surface area contributed by atoms with Gasteiger partial charge in [-0.15, -0.1) is 0 Å². The molecule has 1 aromatic rings. The molecule has 2 amide bonds. The van der Waals surface area contributed by atoms with Crippen molar-refractivity contribution in [3.05, 3.63) is 28.4 Å². The van der Waals surface area contributed by atoms with Gasteiger partial charge < -0.3 is 9.30 Å². The van der Waals surface area contributed by atoms with Crippen LogP contribution in [0.2, 0.25) is 0 Å². The van der Waals surface area contributed by atoms with Crippen molar-refractivity contribution < 1.29 is 19.1 Å². The van der Waals surface area contributed by atoms with Gasteiger partial charge in [-0.05, 0) is 43.8 Å². The number of rotatable bonds is 3. The Hall–Kier alpha value is -2.02. The highest BCUT2D eigenvalue weighted by molar-refractivity contribution is 8.18. The maximum Gasteiger partial charge on any atom is 0.328 e. The summed E-state index contributed by atoms with van der Waals surface area (Å²) in [4.78, 5) is 37.0. The fraction of sp³-hybridized carbons (Fsp3) is 0.357. The summed E-state index contributed by atoms with van der Waals surface area (Å²) in [5.74, 6) is -1.09. The fourth-order valence-corrected chi connectivity index (χ4v) is 2.89. The number of ether oxygens (including phenoxy) is 1. The Morgan fingerprint density at radius 1 is 1.38 bits per heavy atom. The van der Waals surface area contributed by atoms with Crippen molar-refractivity contribution in [3.63, 3.8) is 0 Å². The van der Waals surface area contributed by atoms with Gasteiger partial charge in [-0.2, -0.15) is 0 Å². The van der Waals surface area contributed by atoms with Gasteiger partial charge in [0, 0.05) is 18.4 Å². The highest BCUT2D eigenvalue weighted by Gasteiger charge is 2.41. The Labute approximate surface area is 126 Å². The number of amides is 2. The van der Waals surface area contributed by atoms with Crippen LogP contribution in [-0.2, 0) is 21.4 Å². The molecule has 1 aliphatic heterocycles. The molecule has 0 spiro atoms. The lowest BCUT2D eigenvalue weighted by Crippen LogP contribution is -2.42. The molecule has 0 bridgehead atoms. The van der Waals surface area contributed by atoms with Crippen molar-refractivity contribution in [3.8, 4) is 0 Å². The van der Waals surface area contributed by atoms with Crippen molar-refractivity contribution in [2.24, 2.45) is 7.05 Å². The molecule has 0 radical (unpaired) electrons. The van der Waals surface area contributed by atoms with Crippen LogP contribution in [0.4, 0.5) is 4.79 Å². The van der Waals surface area contributed by atoms with Gasteiger partial charge in [-0.25, -0.2) is 4.79 Å². The molecule has 1 aromatic heterocycles. The Bertz CT molecular complexity index is 647. The summed E-state index contributed by atoms with van der Waals surface area (Å²) >= 11 is 0.828. The van der Waals surface area contributed by atoms with Gasteiger partial charge in [0.15, 0.2) is 0 Å². The van der Waals surface area contributed by atoms with Gasteiger partial charge in [0.2, 0.25) is 0 Å². The number of aromatic nitrogens is 1. The number of esters is 1. The number of aryl methyl sites for hydroxylation is 1. The summed E-state index contributed by atoms with van der Waals surface area (Å²) in [5, 5.41) is -0.463. The maximum atomic E-state index is 12.3. The number of hydrogen-bond donors (Lipinski definition) is 0. The molecule has 1 aliphatic rings. The molecule has 0 aliphatic carbocycles. The van der Waals surface area contributed by atoms with Gasteiger partial charge >= 0.3 is 5.97 Å². The third kappa shape index (κ3) is 2.73. The second-order valence-electron chi connectivity index (χ2n) is 4.71. The number of methoxy groups -OCH3 is 1. The highest BCUT2D eigenvalue weighted by atomic mass is 32.2. The molecule has 0 saturated carbocycles. The summed E-state index contributed by atoms with van der Waals surface area (Å²) in [6, 6.07) is 2.86. The van der Waals surface area contributed by atoms with Gasteiger partial charge in [-0.3, -0.25) is 14.5 Å². The van der Waals surface area contributed by atoms with Gasteiger partial charge in [0.25, 0.3) is 11.1 Å². The maximum absolute atomic E-state index is 12.3. The molecule has 0 aromatic carbocycles. The fourth-order valence-electron chi connectivity index (χ4n) is 2.00. The van der Waals surface area contributed by atoms with Crippen LogP contribution in [0, 0.1) is 6.92 Å². The van der Waals surface area contributed by atoms with E-state index in [2.05, 4.69) is 4.74 Å². The molecule has 6 nitrogen and oxygen atoms in total. The monoisotopic (exact) mass is 308 g/mol. The Balaban J connectivity index is 2.30. The molecule has 21 heavy (non-hydrogen) atoms. The lowest BCUT2D eigenvalue weighted by atomic mass is 10.2. The minimum Gasteiger partial charge on any atom is -0.467 e. The van der Waals surface area contributed by atoms with Crippen molar-refractivity contribution >= 4 is 35.0 Å². The largest absolute Gasteiger partial charge is 0.467 e. The van der Waals surface area contributed by atoms with Crippen LogP contribution >= 0.6 is 11.8 Å². The normalized spacial score (nSPS) is 18.5. The molecule has 1 fully saturated rings. The van der Waals surface area contributed by atoms with Crippen molar-refractivity contribution in [1.29, 1.82) is 0 Å². The molecule has 7 heteroatoms. The number of thioether (sulfide) groups is 1. The number of hydrogen-bond acceptors (Lipinski definition) is 5. The van der Waals surface area contributed by atoms with Crippen LogP contribution in [0.15, 0.2) is 17.0 Å². The van der Waals surface area contributed by atoms with E-state index >= 15 is 0 Å². The minimum atomic E-state index is -0.927. The molecule has 112 valence electrons. The quantitative estimate of drug-likeness (QED) is 0.630. The van der Waals surface area contributed by atoms with E-state index in [0.717, 1.165) is 28.0 Å². The molecule has 0 N–H and O–H groups in total. The number of carbonyl (C=O) groups is 3. The van der Waals surface area contributed by atoms with Crippen LogP contribution in [0.5, 0.6) is 0 Å². The number of carbonyl (C=O) groups excluding carboxylic acids is 3. The van der Waals surface area contributed by atoms with Crippen molar-refractivity contribution in [1.82, 2.24) is 9.47 Å². The van der Waals surface area contributed by atoms with E-state index in [1.54, 1.807) is 6.08 Å². The van der Waals surface area contributed by atoms with E-state index in [9.17, 15) is 14.4 Å². The molecule has 2 heterocycles. The summed E-state index contributed by atoms with van der Waals surface area (Å²) in [6.45, 7) is 3.42. The Kier molecular flexibility index (Phi) is 4.22. The molecule has 1 saturated heterocycles. The van der Waals surface area contributed by atoms with Gasteiger partial charge in [0.05, 0.1) is 12.0 Å². The first-order chi connectivity index (χ1) is 9.86. The number of nitrogens with zero attached hydrogens (tertiary/aromatic N) is 2. The zero-order valence-corrected chi connectivity index (χ0v) is 13.1. The first-order valence-corrected chi connectivity index (χ1v) is 7.15. The molecule has 1 unspecified atom stereocenters. The SMILES string of the molecule is COC(=O)C(C)N1C(=O)S/C(=C/c2ccc(C)n2C)C1=O. The van der Waals surface area contributed by atoms with E-state index in [1.165, 1.54) is 14.0 Å². The third-order valence-electron chi connectivity index (χ3n) is 3.44. The summed E-state index contributed by atoms with van der Waals surface area (Å²) in [6.07, 6.45) is 1.65. The third-order valence-corrected chi connectivity index (χ3v) is 4.33. The second-order valence-corrected chi connectivity index (χ2v) is 5.70. The van der Waals surface area contributed by atoms with E-state index in [1.807, 2.05) is 30.7 Å². The smallest absolute Gasteiger partial charge is 0.328 e. The molecular formula is C14H16N2O4S. The van der Waals surface area contributed by atoms with E-state index < -0.39 is 23.2 Å². The zero-order valence-electron chi connectivity index (χ0n) is 12.2. The predicted molar refractivity (Wildman–Crippen MR) is 79.4 cm³/mol. The highest BCUT2D eigenvalue weighted by Crippen LogP contribution is 2.33. The summed E-state index contributed by atoms with van der Waals surface area (Å²) in [5.41, 5.74) is 1.87. The average molecular weight is 308 g/mol. The van der Waals surface area contributed by atoms with Gasteiger partial charge in [-0.1, -0.05) is 0 Å². The molecule has 1 atom stereocenters. The zero-order chi connectivity index (χ0) is 15.7. The van der Waals surface area contributed by atoms with Crippen LogP contribution in [-0.4, -0.2) is 39.7 Å². The van der Waals surface area contributed by atoms with E-state index in [4.69, 9.17) is 0 Å². The average Bonchev–Trinajstić information content (AvgIpc) is 2.91. The topological polar surface area (TPSA) is 68.6 Å². The van der Waals surface area contributed by atoms with Crippen molar-refractivity contribution in [2.75, 3.05) is 7.11 Å². The van der Waals surface area contributed by atoms with E-state index in [-0.39, 0.29) is 0 Å². The predicted octanol–water partition coefficient (Wildman–Crippen LogP) is 1.93. The first-order valence-electron chi connectivity index (χ1n) is 6.34. The number of imide groups is 1. The lowest BCUT2D eigenvalue weighted by molar-refractivity contribution is -0.148. The molecular weight excluding hydrogens is 292 g/mol. The summed E-state index contributed by atoms with van der Waals surface area (Å²) < 4.78 is 6.49. The van der Waals surface area contributed by atoms with Crippen LogP contribution < -0.4 is 0 Å². The van der Waals surface area contributed by atoms with Crippen LogP contribution in [0.3, 0.4) is 0 Å². The Morgan fingerprint density at radius 3 is 2.57 bits per heavy atom. The van der Waals surface area contributed by atoms with Crippen molar-refractivity contribution in [2.45, 2.75) is 19.9 Å². The molecule has 2 rings (SSSR count). The van der Waals surface area contributed by atoms with E-state index in [0.29, 0.717) is 4.91 Å². The standard InChI is InChI=1S/C14H16N2O4S/c1-8-5-6-10(15(8)3)7-11-12(17)16(14(19)21-11)9(2)13(18)20-4/h5-7,9H,1-4H3/b11-7+.